The van der Waals surface area contributed by atoms with Gasteiger partial charge in [-0.05, 0) is 48.6 Å². The molecule has 2 aromatic carbocycles. The third kappa shape index (κ3) is 4.59. The lowest BCUT2D eigenvalue weighted by molar-refractivity contribution is 0.0698. The molecule has 6 nitrogen and oxygen atoms in total. The molecule has 2 aromatic heterocycles. The highest BCUT2D eigenvalue weighted by atomic mass is 32.1. The van der Waals surface area contributed by atoms with Crippen molar-refractivity contribution in [1.82, 2.24) is 20.0 Å². The zero-order valence-corrected chi connectivity index (χ0v) is 18.9. The monoisotopic (exact) mass is 456 g/mol. The van der Waals surface area contributed by atoms with E-state index in [1.54, 1.807) is 6.20 Å². The number of carbonyl (C=O) groups excluding carboxylic acids is 2. The van der Waals surface area contributed by atoms with E-state index in [0.29, 0.717) is 24.2 Å². The number of benzene rings is 2. The Bertz CT molecular complexity index is 1240. The van der Waals surface area contributed by atoms with Gasteiger partial charge in [-0.3, -0.25) is 9.59 Å². The molecule has 0 radical (unpaired) electrons. The zero-order chi connectivity index (χ0) is 22.6. The number of piperidine rings is 1. The van der Waals surface area contributed by atoms with E-state index in [4.69, 9.17) is 0 Å². The van der Waals surface area contributed by atoms with Crippen LogP contribution >= 0.6 is 11.3 Å². The minimum atomic E-state index is -0.0397. The van der Waals surface area contributed by atoms with Crippen LogP contribution in [0.1, 0.15) is 33.6 Å². The van der Waals surface area contributed by atoms with Crippen molar-refractivity contribution in [2.45, 2.75) is 18.9 Å². The van der Waals surface area contributed by atoms with Gasteiger partial charge in [0.25, 0.3) is 11.8 Å². The highest BCUT2D eigenvalue weighted by Gasteiger charge is 2.25. The van der Waals surface area contributed by atoms with Crippen molar-refractivity contribution in [3.05, 3.63) is 94.8 Å². The molecular weight excluding hydrogens is 432 g/mol. The molecule has 0 aliphatic carbocycles. The number of likely N-dealkylation sites (tertiary alicyclic amines) is 1. The van der Waals surface area contributed by atoms with Gasteiger partial charge in [-0.1, -0.05) is 36.4 Å². The van der Waals surface area contributed by atoms with E-state index in [1.165, 1.54) is 11.3 Å². The number of nitrogens with one attached hydrogen (secondary N) is 1. The molecule has 2 amide bonds. The average Bonchev–Trinajstić information content (AvgIpc) is 3.57. The van der Waals surface area contributed by atoms with Crippen LogP contribution in [0.2, 0.25) is 0 Å². The van der Waals surface area contributed by atoms with Gasteiger partial charge < -0.3 is 10.2 Å². The summed E-state index contributed by atoms with van der Waals surface area (Å²) in [4.78, 5) is 27.4. The van der Waals surface area contributed by atoms with Crippen LogP contribution in [0, 0.1) is 0 Å². The third-order valence-corrected chi connectivity index (χ3v) is 6.63. The molecule has 1 aliphatic heterocycles. The Hall–Kier alpha value is -3.71. The number of amides is 2. The first kappa shape index (κ1) is 21.2. The Labute approximate surface area is 196 Å². The van der Waals surface area contributed by atoms with Gasteiger partial charge in [0.2, 0.25) is 0 Å². The summed E-state index contributed by atoms with van der Waals surface area (Å²) < 4.78 is 1.86. The number of hydrogen-bond donors (Lipinski definition) is 1. The molecule has 0 bridgehead atoms. The van der Waals surface area contributed by atoms with Crippen molar-refractivity contribution in [3.8, 4) is 16.9 Å². The lowest BCUT2D eigenvalue weighted by Gasteiger charge is -2.32. The molecule has 0 atom stereocenters. The highest BCUT2D eigenvalue weighted by Crippen LogP contribution is 2.23. The maximum atomic E-state index is 13.2. The van der Waals surface area contributed by atoms with Crippen LogP contribution in [0.25, 0.3) is 16.9 Å². The topological polar surface area (TPSA) is 67.2 Å². The van der Waals surface area contributed by atoms with Gasteiger partial charge >= 0.3 is 0 Å². The summed E-state index contributed by atoms with van der Waals surface area (Å²) in [5.41, 5.74) is 4.23. The molecule has 33 heavy (non-hydrogen) atoms. The molecule has 0 unspecified atom stereocenters. The quantitative estimate of drug-likeness (QED) is 0.476. The summed E-state index contributed by atoms with van der Waals surface area (Å²) in [5.74, 6) is -0.0324. The SMILES string of the molecule is O=C(NC1CCN(C(=O)c2cccc(-n3nccc3-c3ccccc3)c2)CC1)c1ccsc1. The van der Waals surface area contributed by atoms with Crippen molar-refractivity contribution < 1.29 is 9.59 Å². The second kappa shape index (κ2) is 9.42. The number of thiophene rings is 1. The molecule has 4 aromatic rings. The first-order chi connectivity index (χ1) is 16.2. The average molecular weight is 457 g/mol. The molecule has 5 rings (SSSR count). The summed E-state index contributed by atoms with van der Waals surface area (Å²) in [6, 6.07) is 21.6. The van der Waals surface area contributed by atoms with Gasteiger partial charge in [-0.15, -0.1) is 0 Å². The molecule has 0 spiro atoms. The van der Waals surface area contributed by atoms with Gasteiger partial charge in [-0.2, -0.15) is 16.4 Å². The van der Waals surface area contributed by atoms with E-state index in [1.807, 2.05) is 87.1 Å². The molecule has 1 N–H and O–H groups in total. The molecule has 1 fully saturated rings. The minimum Gasteiger partial charge on any atom is -0.349 e. The van der Waals surface area contributed by atoms with Crippen LogP contribution < -0.4 is 5.32 Å². The standard InChI is InChI=1S/C26H24N4O2S/c31-25(21-12-16-33-18-21)28-22-10-14-29(15-11-22)26(32)20-7-4-8-23(17-20)30-24(9-13-27-30)19-5-2-1-3-6-19/h1-9,12-13,16-18,22H,10-11,14-15H2,(H,28,31). The number of aromatic nitrogens is 2. The summed E-state index contributed by atoms with van der Waals surface area (Å²) in [7, 11) is 0. The van der Waals surface area contributed by atoms with Crippen LogP contribution in [-0.4, -0.2) is 45.6 Å². The van der Waals surface area contributed by atoms with E-state index < -0.39 is 0 Å². The maximum Gasteiger partial charge on any atom is 0.253 e. The third-order valence-electron chi connectivity index (χ3n) is 5.95. The fraction of sp³-hybridized carbons (Fsp3) is 0.192. The van der Waals surface area contributed by atoms with E-state index >= 15 is 0 Å². The Balaban J connectivity index is 1.26. The summed E-state index contributed by atoms with van der Waals surface area (Å²) in [6.07, 6.45) is 3.27. The number of rotatable bonds is 5. The van der Waals surface area contributed by atoms with E-state index in [0.717, 1.165) is 29.8 Å². The van der Waals surface area contributed by atoms with Crippen LogP contribution in [-0.2, 0) is 0 Å². The number of nitrogens with zero attached hydrogens (tertiary/aromatic N) is 3. The van der Waals surface area contributed by atoms with Crippen LogP contribution in [0.5, 0.6) is 0 Å². The van der Waals surface area contributed by atoms with Crippen molar-refractivity contribution in [2.75, 3.05) is 13.1 Å². The first-order valence-electron chi connectivity index (χ1n) is 11.0. The molecule has 3 heterocycles. The van der Waals surface area contributed by atoms with Crippen LogP contribution in [0.4, 0.5) is 0 Å². The van der Waals surface area contributed by atoms with E-state index in [2.05, 4.69) is 10.4 Å². The van der Waals surface area contributed by atoms with Crippen molar-refractivity contribution in [3.63, 3.8) is 0 Å². The lowest BCUT2D eigenvalue weighted by Crippen LogP contribution is -2.46. The van der Waals surface area contributed by atoms with Crippen molar-refractivity contribution in [2.24, 2.45) is 0 Å². The fourth-order valence-electron chi connectivity index (χ4n) is 4.18. The lowest BCUT2D eigenvalue weighted by atomic mass is 10.0. The largest absolute Gasteiger partial charge is 0.349 e. The minimum absolute atomic E-state index is 0.00729. The predicted molar refractivity (Wildman–Crippen MR) is 130 cm³/mol. The number of hydrogen-bond acceptors (Lipinski definition) is 4. The van der Waals surface area contributed by atoms with Gasteiger partial charge in [0.1, 0.15) is 0 Å². The molecule has 7 heteroatoms. The Morgan fingerprint density at radius 3 is 2.52 bits per heavy atom. The van der Waals surface area contributed by atoms with Gasteiger partial charge in [-0.25, -0.2) is 4.68 Å². The zero-order valence-electron chi connectivity index (χ0n) is 18.1. The van der Waals surface area contributed by atoms with Crippen LogP contribution in [0.3, 0.4) is 0 Å². The Morgan fingerprint density at radius 1 is 0.939 bits per heavy atom. The normalized spacial score (nSPS) is 14.2. The van der Waals surface area contributed by atoms with Gasteiger partial charge in [0.05, 0.1) is 17.6 Å². The molecule has 166 valence electrons. The van der Waals surface area contributed by atoms with E-state index in [-0.39, 0.29) is 17.9 Å². The molecule has 0 saturated carbocycles. The van der Waals surface area contributed by atoms with Crippen LogP contribution in [0.15, 0.2) is 83.7 Å². The smallest absolute Gasteiger partial charge is 0.253 e. The molecular formula is C26H24N4O2S. The molecule has 1 aliphatic rings. The predicted octanol–water partition coefficient (Wildman–Crippen LogP) is 4.64. The second-order valence-corrected chi connectivity index (χ2v) is 8.88. The molecule has 1 saturated heterocycles. The summed E-state index contributed by atoms with van der Waals surface area (Å²) in [6.45, 7) is 1.24. The Kier molecular flexibility index (Phi) is 6.04. The highest BCUT2D eigenvalue weighted by molar-refractivity contribution is 7.08. The number of carbonyl (C=O) groups is 2. The first-order valence-corrected chi connectivity index (χ1v) is 12.0. The second-order valence-electron chi connectivity index (χ2n) is 8.10. The van der Waals surface area contributed by atoms with E-state index in [9.17, 15) is 9.59 Å². The maximum absolute atomic E-state index is 13.2. The van der Waals surface area contributed by atoms with Gasteiger partial charge in [0, 0.05) is 41.2 Å². The summed E-state index contributed by atoms with van der Waals surface area (Å²) >= 11 is 1.51. The van der Waals surface area contributed by atoms with Gasteiger partial charge in [0.15, 0.2) is 0 Å². The van der Waals surface area contributed by atoms with Crippen molar-refractivity contribution in [1.29, 1.82) is 0 Å². The fourth-order valence-corrected chi connectivity index (χ4v) is 4.82. The summed E-state index contributed by atoms with van der Waals surface area (Å²) in [5, 5.41) is 11.3. The van der Waals surface area contributed by atoms with Crippen molar-refractivity contribution >= 4 is 23.2 Å². The Morgan fingerprint density at radius 2 is 1.76 bits per heavy atom.